The van der Waals surface area contributed by atoms with Crippen molar-refractivity contribution in [2.45, 2.75) is 19.4 Å². The number of methoxy groups -OCH3 is 1. The molecule has 0 radical (unpaired) electrons. The van der Waals surface area contributed by atoms with Crippen molar-refractivity contribution in [3.63, 3.8) is 0 Å². The van der Waals surface area contributed by atoms with E-state index in [2.05, 4.69) is 16.8 Å². The fraction of sp³-hybridized carbons (Fsp3) is 0.207. The maximum Gasteiger partial charge on any atom is 0.256 e. The number of hydrogen-bond acceptors (Lipinski definition) is 7. The molecule has 0 saturated carbocycles. The van der Waals surface area contributed by atoms with Gasteiger partial charge in [0.05, 0.1) is 18.6 Å². The quantitative estimate of drug-likeness (QED) is 0.465. The van der Waals surface area contributed by atoms with Gasteiger partial charge in [-0.3, -0.25) is 14.5 Å². The Morgan fingerprint density at radius 1 is 1.13 bits per heavy atom. The minimum absolute atomic E-state index is 0.200. The minimum Gasteiger partial charge on any atom is -0.508 e. The second-order valence-electron chi connectivity index (χ2n) is 9.29. The average molecular weight is 510 g/mol. The predicted molar refractivity (Wildman–Crippen MR) is 142 cm³/mol. The van der Waals surface area contributed by atoms with Gasteiger partial charge in [0.1, 0.15) is 23.6 Å². The number of allylic oxidation sites excluding steroid dienone is 1. The van der Waals surface area contributed by atoms with Crippen LogP contribution >= 0.6 is 0 Å². The van der Waals surface area contributed by atoms with Crippen LogP contribution in [0.25, 0.3) is 0 Å². The number of nitrogens with zero attached hydrogens (tertiary/aromatic N) is 3. The molecule has 0 spiro atoms. The van der Waals surface area contributed by atoms with Crippen LogP contribution in [0.1, 0.15) is 23.6 Å². The van der Waals surface area contributed by atoms with Crippen LogP contribution in [0.15, 0.2) is 78.6 Å². The third-order valence-corrected chi connectivity index (χ3v) is 6.79. The molecule has 1 fully saturated rings. The standard InChI is InChI=1S/C29H27N5O4/c1-18-17-33-27(25(16-31-33)28(36)32-22-7-12-26(38-2)21(14-22)15-30)29(37)34(18)23-8-3-19(4-9-23)13-20-5-10-24(35)11-6-20/h3-12,14,17,25,27,31,35H,13,16H2,1-2H3,(H,32,36)/t25-,27?/m0/s1. The molecule has 2 aliphatic rings. The lowest BCUT2D eigenvalue weighted by Crippen LogP contribution is -2.53. The highest BCUT2D eigenvalue weighted by Crippen LogP contribution is 2.32. The van der Waals surface area contributed by atoms with Crippen molar-refractivity contribution >= 4 is 23.2 Å². The van der Waals surface area contributed by atoms with E-state index < -0.39 is 12.0 Å². The molecule has 38 heavy (non-hydrogen) atoms. The molecule has 192 valence electrons. The van der Waals surface area contributed by atoms with Gasteiger partial charge in [-0.05, 0) is 66.9 Å². The number of aromatic hydroxyl groups is 1. The smallest absolute Gasteiger partial charge is 0.256 e. The SMILES string of the molecule is COc1ccc(NC(=O)[C@H]2CNN3C=C(C)N(c4ccc(Cc5ccc(O)cc5)cc4)C(=O)C23)cc1C#N. The first kappa shape index (κ1) is 24.9. The molecule has 5 rings (SSSR count). The number of amides is 2. The summed E-state index contributed by atoms with van der Waals surface area (Å²) in [5.41, 5.74) is 7.52. The van der Waals surface area contributed by atoms with E-state index in [4.69, 9.17) is 4.74 Å². The Labute approximate surface area is 220 Å². The molecule has 1 unspecified atom stereocenters. The van der Waals surface area contributed by atoms with Crippen molar-refractivity contribution in [2.75, 3.05) is 23.9 Å². The molecule has 2 aliphatic heterocycles. The number of carbonyl (C=O) groups is 2. The minimum atomic E-state index is -0.718. The number of hydrogen-bond donors (Lipinski definition) is 3. The van der Waals surface area contributed by atoms with Gasteiger partial charge in [-0.2, -0.15) is 5.26 Å². The number of nitriles is 1. The lowest BCUT2D eigenvalue weighted by Gasteiger charge is -2.36. The zero-order valence-corrected chi connectivity index (χ0v) is 21.0. The summed E-state index contributed by atoms with van der Waals surface area (Å²) in [4.78, 5) is 28.6. The number of phenolic OH excluding ortho intramolecular Hbond substituents is 1. The van der Waals surface area contributed by atoms with E-state index in [9.17, 15) is 20.0 Å². The zero-order chi connectivity index (χ0) is 26.8. The first-order chi connectivity index (χ1) is 18.4. The molecule has 1 saturated heterocycles. The number of hydrazine groups is 1. The Morgan fingerprint density at radius 3 is 2.47 bits per heavy atom. The topological polar surface area (TPSA) is 118 Å². The fourth-order valence-corrected chi connectivity index (χ4v) is 4.88. The second kappa shape index (κ2) is 10.3. The third-order valence-electron chi connectivity index (χ3n) is 6.79. The molecule has 9 nitrogen and oxygen atoms in total. The summed E-state index contributed by atoms with van der Waals surface area (Å²) < 4.78 is 5.17. The number of rotatable bonds is 6. The monoisotopic (exact) mass is 509 g/mol. The number of nitrogens with one attached hydrogen (secondary N) is 2. The van der Waals surface area contributed by atoms with Gasteiger partial charge in [-0.1, -0.05) is 24.3 Å². The molecule has 9 heteroatoms. The first-order valence-electron chi connectivity index (χ1n) is 12.2. The Hall–Kier alpha value is -4.81. The molecule has 3 aromatic rings. The van der Waals surface area contributed by atoms with E-state index in [-0.39, 0.29) is 17.6 Å². The van der Waals surface area contributed by atoms with E-state index in [1.165, 1.54) is 7.11 Å². The van der Waals surface area contributed by atoms with Gasteiger partial charge in [0.25, 0.3) is 5.91 Å². The van der Waals surface area contributed by atoms with E-state index in [0.29, 0.717) is 30.0 Å². The van der Waals surface area contributed by atoms with Crippen molar-refractivity contribution in [1.29, 1.82) is 5.26 Å². The van der Waals surface area contributed by atoms with Crippen LogP contribution in [-0.4, -0.2) is 41.6 Å². The van der Waals surface area contributed by atoms with Gasteiger partial charge < -0.3 is 20.2 Å². The Bertz CT molecular complexity index is 1440. The van der Waals surface area contributed by atoms with Crippen LogP contribution in [0, 0.1) is 17.2 Å². The fourth-order valence-electron chi connectivity index (χ4n) is 4.88. The number of anilines is 2. The Balaban J connectivity index is 1.32. The van der Waals surface area contributed by atoms with Gasteiger partial charge in [0.2, 0.25) is 5.91 Å². The number of carbonyl (C=O) groups excluding carboxylic acids is 2. The van der Waals surface area contributed by atoms with E-state index in [1.807, 2.05) is 49.5 Å². The van der Waals surface area contributed by atoms with Crippen LogP contribution in [0.3, 0.4) is 0 Å². The van der Waals surface area contributed by atoms with Crippen LogP contribution in [0.4, 0.5) is 11.4 Å². The molecule has 3 aromatic carbocycles. The number of benzene rings is 3. The lowest BCUT2D eigenvalue weighted by molar-refractivity contribution is -0.129. The van der Waals surface area contributed by atoms with E-state index in [1.54, 1.807) is 40.2 Å². The summed E-state index contributed by atoms with van der Waals surface area (Å²) in [6.07, 6.45) is 2.54. The molecule has 3 N–H and O–H groups in total. The normalized spacial score (nSPS) is 18.4. The van der Waals surface area contributed by atoms with Crippen molar-refractivity contribution in [3.8, 4) is 17.6 Å². The van der Waals surface area contributed by atoms with E-state index >= 15 is 0 Å². The predicted octanol–water partition coefficient (Wildman–Crippen LogP) is 3.51. The molecule has 2 atom stereocenters. The number of fused-ring (bicyclic) bond motifs is 1. The molecule has 0 aromatic heterocycles. The molecule has 0 aliphatic carbocycles. The van der Waals surface area contributed by atoms with Crippen LogP contribution in [0.2, 0.25) is 0 Å². The number of phenols is 1. The number of ether oxygens (including phenoxy) is 1. The Morgan fingerprint density at radius 2 is 1.82 bits per heavy atom. The van der Waals surface area contributed by atoms with Gasteiger partial charge in [0.15, 0.2) is 0 Å². The highest BCUT2D eigenvalue weighted by atomic mass is 16.5. The van der Waals surface area contributed by atoms with Gasteiger partial charge >= 0.3 is 0 Å². The largest absolute Gasteiger partial charge is 0.508 e. The first-order valence-corrected chi connectivity index (χ1v) is 12.2. The van der Waals surface area contributed by atoms with Crippen LogP contribution in [-0.2, 0) is 16.0 Å². The summed E-state index contributed by atoms with van der Waals surface area (Å²) in [7, 11) is 1.48. The van der Waals surface area contributed by atoms with Gasteiger partial charge in [0, 0.05) is 29.8 Å². The molecule has 2 amide bonds. The van der Waals surface area contributed by atoms with Crippen molar-refractivity contribution in [1.82, 2.24) is 10.4 Å². The summed E-state index contributed by atoms with van der Waals surface area (Å²) >= 11 is 0. The van der Waals surface area contributed by atoms with Crippen LogP contribution in [0.5, 0.6) is 11.5 Å². The van der Waals surface area contributed by atoms with Crippen molar-refractivity contribution in [2.24, 2.45) is 5.92 Å². The van der Waals surface area contributed by atoms with Gasteiger partial charge in [-0.15, -0.1) is 0 Å². The van der Waals surface area contributed by atoms with Crippen molar-refractivity contribution < 1.29 is 19.4 Å². The molecular weight excluding hydrogens is 482 g/mol. The molecule has 0 bridgehead atoms. The molecule has 2 heterocycles. The second-order valence-corrected chi connectivity index (χ2v) is 9.29. The summed E-state index contributed by atoms with van der Waals surface area (Å²) in [5.74, 6) is -0.505. The van der Waals surface area contributed by atoms with E-state index in [0.717, 1.165) is 22.5 Å². The average Bonchev–Trinajstić information content (AvgIpc) is 3.35. The molecular formula is C29H27N5O4. The van der Waals surface area contributed by atoms with Crippen LogP contribution < -0.4 is 20.4 Å². The summed E-state index contributed by atoms with van der Waals surface area (Å²) in [6, 6.07) is 21.0. The van der Waals surface area contributed by atoms with Gasteiger partial charge in [-0.25, -0.2) is 5.43 Å². The lowest BCUT2D eigenvalue weighted by atomic mass is 9.96. The highest BCUT2D eigenvalue weighted by molar-refractivity contribution is 6.05. The highest BCUT2D eigenvalue weighted by Gasteiger charge is 2.47. The summed E-state index contributed by atoms with van der Waals surface area (Å²) in [5, 5.41) is 23.4. The zero-order valence-electron chi connectivity index (χ0n) is 21.0. The van der Waals surface area contributed by atoms with Crippen molar-refractivity contribution in [3.05, 3.63) is 95.3 Å². The maximum absolute atomic E-state index is 13.7. The summed E-state index contributed by atoms with van der Waals surface area (Å²) in [6.45, 7) is 2.15. The Kier molecular flexibility index (Phi) is 6.73. The maximum atomic E-state index is 13.7. The third kappa shape index (κ3) is 4.77.